The second-order valence-electron chi connectivity index (χ2n) is 2.82. The van der Waals surface area contributed by atoms with Crippen molar-refractivity contribution < 1.29 is 9.21 Å². The Kier molecular flexibility index (Phi) is 2.78. The van der Waals surface area contributed by atoms with Gasteiger partial charge in [-0.3, -0.25) is 4.98 Å². The standard InChI is InChI=1S/C10H7ClN2O2/c11-7(6-14)10-13-5-9(15-10)8-3-1-2-4-12-8/h1-7H. The molecule has 0 N–H and O–H groups in total. The lowest BCUT2D eigenvalue weighted by molar-refractivity contribution is -0.107. The highest BCUT2D eigenvalue weighted by molar-refractivity contribution is 6.27. The number of hydrogen-bond acceptors (Lipinski definition) is 4. The maximum Gasteiger partial charge on any atom is 0.220 e. The van der Waals surface area contributed by atoms with Crippen molar-refractivity contribution in [3.63, 3.8) is 0 Å². The highest BCUT2D eigenvalue weighted by atomic mass is 35.5. The predicted molar refractivity (Wildman–Crippen MR) is 54.4 cm³/mol. The maximum atomic E-state index is 10.4. The van der Waals surface area contributed by atoms with E-state index >= 15 is 0 Å². The van der Waals surface area contributed by atoms with Crippen molar-refractivity contribution in [1.82, 2.24) is 9.97 Å². The Balaban J connectivity index is 2.32. The summed E-state index contributed by atoms with van der Waals surface area (Å²) >= 11 is 5.65. The third kappa shape index (κ3) is 2.05. The van der Waals surface area contributed by atoms with Crippen LogP contribution in [0.25, 0.3) is 11.5 Å². The molecule has 2 heterocycles. The highest BCUT2D eigenvalue weighted by Crippen LogP contribution is 2.23. The molecule has 2 aromatic heterocycles. The molecule has 0 fully saturated rings. The second-order valence-corrected chi connectivity index (χ2v) is 3.29. The zero-order valence-electron chi connectivity index (χ0n) is 7.63. The van der Waals surface area contributed by atoms with E-state index in [0.717, 1.165) is 0 Å². The van der Waals surface area contributed by atoms with Crippen LogP contribution in [-0.4, -0.2) is 16.3 Å². The number of oxazole rings is 1. The lowest BCUT2D eigenvalue weighted by Gasteiger charge is -1.94. The Morgan fingerprint density at radius 1 is 1.40 bits per heavy atom. The molecule has 0 aliphatic rings. The topological polar surface area (TPSA) is 56.0 Å². The Morgan fingerprint density at radius 2 is 2.27 bits per heavy atom. The molecule has 0 aliphatic heterocycles. The zero-order chi connectivity index (χ0) is 10.7. The fraction of sp³-hybridized carbons (Fsp3) is 0.100. The van der Waals surface area contributed by atoms with Gasteiger partial charge in [0.25, 0.3) is 0 Å². The van der Waals surface area contributed by atoms with Gasteiger partial charge in [0.1, 0.15) is 12.0 Å². The summed E-state index contributed by atoms with van der Waals surface area (Å²) in [6.07, 6.45) is 3.71. The van der Waals surface area contributed by atoms with Gasteiger partial charge in [-0.25, -0.2) is 4.98 Å². The van der Waals surface area contributed by atoms with Gasteiger partial charge in [0.05, 0.1) is 6.20 Å². The largest absolute Gasteiger partial charge is 0.437 e. The first-order chi connectivity index (χ1) is 7.31. The van der Waals surface area contributed by atoms with Gasteiger partial charge in [-0.2, -0.15) is 0 Å². The number of hydrogen-bond donors (Lipinski definition) is 0. The van der Waals surface area contributed by atoms with Crippen LogP contribution in [0.3, 0.4) is 0 Å². The van der Waals surface area contributed by atoms with Crippen LogP contribution in [0.4, 0.5) is 0 Å². The summed E-state index contributed by atoms with van der Waals surface area (Å²) in [4.78, 5) is 18.4. The van der Waals surface area contributed by atoms with E-state index in [1.54, 1.807) is 18.3 Å². The summed E-state index contributed by atoms with van der Waals surface area (Å²) in [6.45, 7) is 0. The number of halogens is 1. The van der Waals surface area contributed by atoms with Crippen LogP contribution in [0.15, 0.2) is 35.0 Å². The molecule has 0 bridgehead atoms. The second kappa shape index (κ2) is 4.23. The van der Waals surface area contributed by atoms with E-state index in [-0.39, 0.29) is 5.89 Å². The van der Waals surface area contributed by atoms with Crippen molar-refractivity contribution in [3.05, 3.63) is 36.5 Å². The molecule has 2 rings (SSSR count). The number of rotatable bonds is 3. The summed E-state index contributed by atoms with van der Waals surface area (Å²) in [5, 5.41) is -0.845. The summed E-state index contributed by atoms with van der Waals surface area (Å²) in [5.74, 6) is 0.686. The normalized spacial score (nSPS) is 12.3. The van der Waals surface area contributed by atoms with Crippen LogP contribution >= 0.6 is 11.6 Å². The molecule has 0 spiro atoms. The van der Waals surface area contributed by atoms with E-state index in [1.807, 2.05) is 6.07 Å². The van der Waals surface area contributed by atoms with Crippen LogP contribution < -0.4 is 0 Å². The van der Waals surface area contributed by atoms with E-state index < -0.39 is 5.38 Å². The molecular weight excluding hydrogens is 216 g/mol. The number of nitrogens with zero attached hydrogens (tertiary/aromatic N) is 2. The fourth-order valence-electron chi connectivity index (χ4n) is 1.10. The smallest absolute Gasteiger partial charge is 0.220 e. The van der Waals surface area contributed by atoms with E-state index in [1.165, 1.54) is 6.20 Å². The quantitative estimate of drug-likeness (QED) is 0.590. The molecule has 0 amide bonds. The van der Waals surface area contributed by atoms with Gasteiger partial charge < -0.3 is 9.21 Å². The first kappa shape index (κ1) is 9.86. The number of pyridine rings is 1. The van der Waals surface area contributed by atoms with E-state index in [0.29, 0.717) is 17.7 Å². The number of aromatic nitrogens is 2. The van der Waals surface area contributed by atoms with Crippen molar-refractivity contribution in [3.8, 4) is 11.5 Å². The van der Waals surface area contributed by atoms with Crippen molar-refractivity contribution in [2.75, 3.05) is 0 Å². The third-order valence-electron chi connectivity index (χ3n) is 1.80. The monoisotopic (exact) mass is 222 g/mol. The van der Waals surface area contributed by atoms with Gasteiger partial charge in [-0.05, 0) is 12.1 Å². The van der Waals surface area contributed by atoms with Crippen molar-refractivity contribution in [1.29, 1.82) is 0 Å². The molecule has 0 aliphatic carbocycles. The Bertz CT molecular complexity index is 455. The van der Waals surface area contributed by atoms with E-state index in [9.17, 15) is 4.79 Å². The predicted octanol–water partition coefficient (Wildman–Crippen LogP) is 2.22. The lowest BCUT2D eigenvalue weighted by atomic mass is 10.3. The third-order valence-corrected chi connectivity index (χ3v) is 2.09. The molecule has 0 saturated carbocycles. The molecule has 0 radical (unpaired) electrons. The number of carbonyl (C=O) groups is 1. The molecule has 0 aromatic carbocycles. The molecule has 5 heteroatoms. The molecular formula is C10H7ClN2O2. The summed E-state index contributed by atoms with van der Waals surface area (Å²) in [7, 11) is 0. The number of alkyl halides is 1. The molecule has 76 valence electrons. The first-order valence-electron chi connectivity index (χ1n) is 4.28. The number of carbonyl (C=O) groups excluding carboxylic acids is 1. The van der Waals surface area contributed by atoms with Gasteiger partial charge in [0.15, 0.2) is 11.1 Å². The van der Waals surface area contributed by atoms with Crippen molar-refractivity contribution in [2.45, 2.75) is 5.38 Å². The fourth-order valence-corrected chi connectivity index (χ4v) is 1.20. The SMILES string of the molecule is O=CC(Cl)c1ncc(-c2ccccn2)o1. The Morgan fingerprint density at radius 3 is 2.93 bits per heavy atom. The van der Waals surface area contributed by atoms with Crippen molar-refractivity contribution in [2.24, 2.45) is 0 Å². The molecule has 4 nitrogen and oxygen atoms in total. The molecule has 1 atom stereocenters. The van der Waals surface area contributed by atoms with E-state index in [2.05, 4.69) is 9.97 Å². The lowest BCUT2D eigenvalue weighted by Crippen LogP contribution is -1.89. The van der Waals surface area contributed by atoms with Gasteiger partial charge in [0, 0.05) is 6.20 Å². The molecule has 2 aromatic rings. The van der Waals surface area contributed by atoms with Crippen LogP contribution in [0.5, 0.6) is 0 Å². The van der Waals surface area contributed by atoms with E-state index in [4.69, 9.17) is 16.0 Å². The maximum absolute atomic E-state index is 10.4. The van der Waals surface area contributed by atoms with Crippen molar-refractivity contribution >= 4 is 17.9 Å². The average molecular weight is 223 g/mol. The van der Waals surface area contributed by atoms with Gasteiger partial charge in [0.2, 0.25) is 5.89 Å². The van der Waals surface area contributed by atoms with Crippen LogP contribution in [0.2, 0.25) is 0 Å². The Hall–Kier alpha value is -1.68. The first-order valence-corrected chi connectivity index (χ1v) is 4.71. The molecule has 15 heavy (non-hydrogen) atoms. The number of aldehydes is 1. The zero-order valence-corrected chi connectivity index (χ0v) is 8.39. The summed E-state index contributed by atoms with van der Waals surface area (Å²) in [5.41, 5.74) is 0.658. The Labute approximate surface area is 90.9 Å². The summed E-state index contributed by atoms with van der Waals surface area (Å²) < 4.78 is 5.29. The van der Waals surface area contributed by atoms with Crippen LogP contribution in [0, 0.1) is 0 Å². The average Bonchev–Trinajstić information content (AvgIpc) is 2.78. The van der Waals surface area contributed by atoms with Crippen LogP contribution in [0.1, 0.15) is 11.3 Å². The minimum Gasteiger partial charge on any atom is -0.437 e. The van der Waals surface area contributed by atoms with Gasteiger partial charge in [-0.15, -0.1) is 11.6 Å². The van der Waals surface area contributed by atoms with Gasteiger partial charge >= 0.3 is 0 Å². The molecule has 0 saturated heterocycles. The van der Waals surface area contributed by atoms with Crippen LogP contribution in [-0.2, 0) is 4.79 Å². The summed E-state index contributed by atoms with van der Waals surface area (Å²) in [6, 6.07) is 5.42. The minimum atomic E-state index is -0.845. The highest BCUT2D eigenvalue weighted by Gasteiger charge is 2.14. The molecule has 1 unspecified atom stereocenters. The van der Waals surface area contributed by atoms with Gasteiger partial charge in [-0.1, -0.05) is 6.07 Å². The minimum absolute atomic E-state index is 0.187.